The van der Waals surface area contributed by atoms with E-state index in [9.17, 15) is 4.79 Å². The van der Waals surface area contributed by atoms with Crippen molar-refractivity contribution in [1.29, 1.82) is 0 Å². The van der Waals surface area contributed by atoms with Crippen LogP contribution in [0.5, 0.6) is 0 Å². The summed E-state index contributed by atoms with van der Waals surface area (Å²) in [4.78, 5) is 11.5. The zero-order chi connectivity index (χ0) is 10.6. The van der Waals surface area contributed by atoms with Crippen molar-refractivity contribution in [1.82, 2.24) is 0 Å². The number of carbonyl (C=O) groups excluding carboxylic acids is 1. The fraction of sp³-hybridized carbons (Fsp3) is 0.364. The van der Waals surface area contributed by atoms with Gasteiger partial charge in [0.05, 0.1) is 12.5 Å². The van der Waals surface area contributed by atoms with Crippen LogP contribution in [0.1, 0.15) is 25.3 Å². The maximum atomic E-state index is 11.5. The molecule has 0 bridgehead atoms. The third-order valence-electron chi connectivity index (χ3n) is 2.01. The summed E-state index contributed by atoms with van der Waals surface area (Å²) in [6, 6.07) is 7.68. The summed E-state index contributed by atoms with van der Waals surface area (Å²) < 4.78 is 5.90. The van der Waals surface area contributed by atoms with Gasteiger partial charge < -0.3 is 4.74 Å². The van der Waals surface area contributed by atoms with Crippen LogP contribution in [0.15, 0.2) is 28.7 Å². The average molecular weight is 257 g/mol. The molecule has 0 amide bonds. The normalized spacial score (nSPS) is 12.2. The third-order valence-corrected chi connectivity index (χ3v) is 2.73. The number of esters is 1. The summed E-state index contributed by atoms with van der Waals surface area (Å²) in [6.07, 6.45) is 0. The highest BCUT2D eigenvalue weighted by molar-refractivity contribution is 9.10. The van der Waals surface area contributed by atoms with Crippen molar-refractivity contribution in [3.05, 3.63) is 34.3 Å². The molecule has 0 saturated heterocycles. The lowest BCUT2D eigenvalue weighted by Gasteiger charge is -2.11. The Bertz CT molecular complexity index is 323. The van der Waals surface area contributed by atoms with Gasteiger partial charge in [-0.2, -0.15) is 0 Å². The molecule has 76 valence electrons. The van der Waals surface area contributed by atoms with E-state index in [1.807, 2.05) is 38.1 Å². The molecule has 0 aliphatic rings. The fourth-order valence-corrected chi connectivity index (χ4v) is 1.85. The second-order valence-electron chi connectivity index (χ2n) is 3.00. The second kappa shape index (κ2) is 5.15. The Hall–Kier alpha value is -0.830. The first-order chi connectivity index (χ1) is 6.66. The third kappa shape index (κ3) is 2.58. The van der Waals surface area contributed by atoms with Crippen molar-refractivity contribution in [3.8, 4) is 0 Å². The van der Waals surface area contributed by atoms with Crippen LogP contribution in [0.25, 0.3) is 0 Å². The molecule has 0 aromatic heterocycles. The van der Waals surface area contributed by atoms with E-state index >= 15 is 0 Å². The number of carbonyl (C=O) groups is 1. The first-order valence-corrected chi connectivity index (χ1v) is 5.37. The van der Waals surface area contributed by atoms with Crippen molar-refractivity contribution < 1.29 is 9.53 Å². The fourth-order valence-electron chi connectivity index (χ4n) is 1.22. The van der Waals surface area contributed by atoms with Crippen molar-refractivity contribution in [2.75, 3.05) is 6.61 Å². The molecule has 1 aromatic carbocycles. The molecule has 0 aliphatic carbocycles. The van der Waals surface area contributed by atoms with E-state index in [0.717, 1.165) is 10.0 Å². The summed E-state index contributed by atoms with van der Waals surface area (Å²) in [5.74, 6) is -0.398. The Morgan fingerprint density at radius 2 is 2.14 bits per heavy atom. The minimum Gasteiger partial charge on any atom is -0.466 e. The maximum absolute atomic E-state index is 11.5. The number of hydrogen-bond acceptors (Lipinski definition) is 2. The van der Waals surface area contributed by atoms with Crippen LogP contribution in [0.2, 0.25) is 0 Å². The molecule has 0 spiro atoms. The number of rotatable bonds is 3. The van der Waals surface area contributed by atoms with Crippen LogP contribution >= 0.6 is 15.9 Å². The van der Waals surface area contributed by atoms with Gasteiger partial charge in [-0.05, 0) is 25.5 Å². The van der Waals surface area contributed by atoms with Gasteiger partial charge in [-0.25, -0.2) is 0 Å². The quantitative estimate of drug-likeness (QED) is 0.777. The van der Waals surface area contributed by atoms with E-state index in [-0.39, 0.29) is 11.9 Å². The molecule has 0 N–H and O–H groups in total. The van der Waals surface area contributed by atoms with Gasteiger partial charge in [-0.3, -0.25) is 4.79 Å². The van der Waals surface area contributed by atoms with E-state index in [4.69, 9.17) is 4.74 Å². The Labute approximate surface area is 92.4 Å². The van der Waals surface area contributed by atoms with Gasteiger partial charge in [0.2, 0.25) is 0 Å². The molecule has 1 aromatic rings. The van der Waals surface area contributed by atoms with Crippen molar-refractivity contribution in [3.63, 3.8) is 0 Å². The molecule has 1 rings (SSSR count). The largest absolute Gasteiger partial charge is 0.466 e. The van der Waals surface area contributed by atoms with Gasteiger partial charge >= 0.3 is 5.97 Å². The smallest absolute Gasteiger partial charge is 0.313 e. The predicted octanol–water partition coefficient (Wildman–Crippen LogP) is 3.12. The van der Waals surface area contributed by atoms with E-state index in [0.29, 0.717) is 6.61 Å². The highest BCUT2D eigenvalue weighted by Gasteiger charge is 2.17. The standard InChI is InChI=1S/C11H13BrO2/c1-3-14-11(13)8(2)9-6-4-5-7-10(9)12/h4-8H,3H2,1-2H3. The van der Waals surface area contributed by atoms with Crippen LogP contribution in [0, 0.1) is 0 Å². The van der Waals surface area contributed by atoms with E-state index in [1.165, 1.54) is 0 Å². The molecular formula is C11H13BrO2. The zero-order valence-corrected chi connectivity index (χ0v) is 9.87. The summed E-state index contributed by atoms with van der Waals surface area (Å²) in [5, 5.41) is 0. The molecule has 14 heavy (non-hydrogen) atoms. The van der Waals surface area contributed by atoms with Gasteiger partial charge in [0, 0.05) is 4.47 Å². The number of halogens is 1. The molecule has 1 unspecified atom stereocenters. The highest BCUT2D eigenvalue weighted by Crippen LogP contribution is 2.25. The van der Waals surface area contributed by atoms with Gasteiger partial charge in [0.1, 0.15) is 0 Å². The van der Waals surface area contributed by atoms with Crippen molar-refractivity contribution >= 4 is 21.9 Å². The average Bonchev–Trinajstić information content (AvgIpc) is 2.18. The van der Waals surface area contributed by atoms with Gasteiger partial charge in [0.25, 0.3) is 0 Å². The summed E-state index contributed by atoms with van der Waals surface area (Å²) >= 11 is 3.41. The molecule has 1 atom stereocenters. The monoisotopic (exact) mass is 256 g/mol. The summed E-state index contributed by atoms with van der Waals surface area (Å²) in [6.45, 7) is 4.08. The molecule has 2 nitrogen and oxygen atoms in total. The van der Waals surface area contributed by atoms with E-state index in [1.54, 1.807) is 0 Å². The summed E-state index contributed by atoms with van der Waals surface area (Å²) in [5.41, 5.74) is 0.964. The van der Waals surface area contributed by atoms with Crippen LogP contribution in [-0.4, -0.2) is 12.6 Å². The Kier molecular flexibility index (Phi) is 4.14. The van der Waals surface area contributed by atoms with Crippen LogP contribution < -0.4 is 0 Å². The van der Waals surface area contributed by atoms with Gasteiger partial charge in [0.15, 0.2) is 0 Å². The van der Waals surface area contributed by atoms with Crippen molar-refractivity contribution in [2.24, 2.45) is 0 Å². The topological polar surface area (TPSA) is 26.3 Å². The summed E-state index contributed by atoms with van der Waals surface area (Å²) in [7, 11) is 0. The minimum atomic E-state index is -0.217. The van der Waals surface area contributed by atoms with Crippen LogP contribution in [0.3, 0.4) is 0 Å². The van der Waals surface area contributed by atoms with Gasteiger partial charge in [-0.15, -0.1) is 0 Å². The molecule has 0 radical (unpaired) electrons. The molecular weight excluding hydrogens is 244 g/mol. The first kappa shape index (κ1) is 11.2. The minimum absolute atomic E-state index is 0.181. The van der Waals surface area contributed by atoms with Gasteiger partial charge in [-0.1, -0.05) is 34.1 Å². The van der Waals surface area contributed by atoms with Crippen LogP contribution in [-0.2, 0) is 9.53 Å². The number of hydrogen-bond donors (Lipinski definition) is 0. The highest BCUT2D eigenvalue weighted by atomic mass is 79.9. The molecule has 3 heteroatoms. The predicted molar refractivity (Wildman–Crippen MR) is 59.2 cm³/mol. The second-order valence-corrected chi connectivity index (χ2v) is 3.85. The Balaban J connectivity index is 2.84. The molecule has 0 fully saturated rings. The lowest BCUT2D eigenvalue weighted by Crippen LogP contribution is -2.13. The Morgan fingerprint density at radius 3 is 2.71 bits per heavy atom. The lowest BCUT2D eigenvalue weighted by molar-refractivity contribution is -0.144. The van der Waals surface area contributed by atoms with E-state index in [2.05, 4.69) is 15.9 Å². The van der Waals surface area contributed by atoms with E-state index < -0.39 is 0 Å². The molecule has 0 aliphatic heterocycles. The van der Waals surface area contributed by atoms with Crippen molar-refractivity contribution in [2.45, 2.75) is 19.8 Å². The maximum Gasteiger partial charge on any atom is 0.313 e. The zero-order valence-electron chi connectivity index (χ0n) is 8.29. The number of ether oxygens (including phenoxy) is 1. The van der Waals surface area contributed by atoms with Crippen LogP contribution in [0.4, 0.5) is 0 Å². The Morgan fingerprint density at radius 1 is 1.50 bits per heavy atom. The number of benzene rings is 1. The first-order valence-electron chi connectivity index (χ1n) is 4.58. The molecule has 0 heterocycles. The lowest BCUT2D eigenvalue weighted by atomic mass is 10.0. The SMILES string of the molecule is CCOC(=O)C(C)c1ccccc1Br. The molecule has 0 saturated carbocycles.